The number of carbonyl (C=O) groups is 1. The Balaban J connectivity index is 1.34. The summed E-state index contributed by atoms with van der Waals surface area (Å²) in [6.45, 7) is 8.44. The van der Waals surface area contributed by atoms with Crippen molar-refractivity contribution in [3.8, 4) is 11.5 Å². The quantitative estimate of drug-likeness (QED) is 0.299. The maximum absolute atomic E-state index is 13.8. The molecule has 0 saturated carbocycles. The zero-order valence-electron chi connectivity index (χ0n) is 23.2. The van der Waals surface area contributed by atoms with Crippen LogP contribution < -0.4 is 19.1 Å². The lowest BCUT2D eigenvalue weighted by molar-refractivity contribution is -0.127. The van der Waals surface area contributed by atoms with Crippen LogP contribution in [0.1, 0.15) is 31.9 Å². The number of amides is 1. The lowest BCUT2D eigenvalue weighted by atomic mass is 9.86. The van der Waals surface area contributed by atoms with Crippen LogP contribution in [0.3, 0.4) is 0 Å². The highest BCUT2D eigenvalue weighted by Crippen LogP contribution is 2.40. The summed E-state index contributed by atoms with van der Waals surface area (Å²) in [6, 6.07) is 26.0. The van der Waals surface area contributed by atoms with Gasteiger partial charge in [-0.25, -0.2) is 8.42 Å². The Morgan fingerprint density at radius 2 is 1.73 bits per heavy atom. The van der Waals surface area contributed by atoms with Crippen molar-refractivity contribution in [3.05, 3.63) is 96.1 Å². The molecule has 0 bridgehead atoms. The van der Waals surface area contributed by atoms with Gasteiger partial charge in [0.15, 0.2) is 6.10 Å². The second-order valence-electron chi connectivity index (χ2n) is 11.0. The van der Waals surface area contributed by atoms with Crippen molar-refractivity contribution in [2.75, 3.05) is 24.0 Å². The lowest BCUT2D eigenvalue weighted by Gasteiger charge is -2.36. The van der Waals surface area contributed by atoms with Crippen LogP contribution in [0.25, 0.3) is 10.8 Å². The van der Waals surface area contributed by atoms with Crippen LogP contribution in [0, 0.1) is 6.92 Å². The number of anilines is 1. The van der Waals surface area contributed by atoms with Crippen molar-refractivity contribution in [2.24, 2.45) is 0 Å². The van der Waals surface area contributed by atoms with E-state index in [2.05, 4.69) is 26.1 Å². The Bertz CT molecular complexity index is 1640. The van der Waals surface area contributed by atoms with Crippen LogP contribution in [0.4, 0.5) is 5.69 Å². The highest BCUT2D eigenvalue weighted by molar-refractivity contribution is 7.92. The van der Waals surface area contributed by atoms with Crippen molar-refractivity contribution < 1.29 is 22.7 Å². The number of nitrogens with zero attached hydrogens (tertiary/aromatic N) is 1. The number of fused-ring (bicyclic) bond motifs is 2. The third kappa shape index (κ3) is 5.63. The van der Waals surface area contributed by atoms with Crippen LogP contribution in [0.15, 0.2) is 89.8 Å². The molecule has 1 heterocycles. The average molecular weight is 559 g/mol. The topological polar surface area (TPSA) is 84.9 Å². The molecule has 208 valence electrons. The molecule has 7 nitrogen and oxygen atoms in total. The maximum Gasteiger partial charge on any atom is 0.264 e. The molecule has 1 aliphatic rings. The van der Waals surface area contributed by atoms with Crippen molar-refractivity contribution in [1.29, 1.82) is 0 Å². The number of hydrogen-bond acceptors (Lipinski definition) is 5. The normalized spacial score (nSPS) is 15.3. The van der Waals surface area contributed by atoms with Crippen LogP contribution >= 0.6 is 0 Å². The van der Waals surface area contributed by atoms with Gasteiger partial charge < -0.3 is 14.8 Å². The Morgan fingerprint density at radius 1 is 1.00 bits per heavy atom. The summed E-state index contributed by atoms with van der Waals surface area (Å²) in [6.07, 6.45) is -1.02. The molecule has 8 heteroatoms. The second kappa shape index (κ2) is 10.8. The molecule has 0 saturated heterocycles. The van der Waals surface area contributed by atoms with Gasteiger partial charge in [0.25, 0.3) is 15.9 Å². The number of sulfonamides is 1. The Labute approximate surface area is 235 Å². The maximum atomic E-state index is 13.8. The van der Waals surface area contributed by atoms with Gasteiger partial charge in [-0.3, -0.25) is 9.10 Å². The lowest BCUT2D eigenvalue weighted by Crippen LogP contribution is -2.51. The minimum absolute atomic E-state index is 0.146. The zero-order chi connectivity index (χ0) is 28.5. The molecular weight excluding hydrogens is 524 g/mol. The Morgan fingerprint density at radius 3 is 2.48 bits per heavy atom. The summed E-state index contributed by atoms with van der Waals surface area (Å²) in [5.74, 6) is 0.679. The van der Waals surface area contributed by atoms with E-state index < -0.39 is 22.0 Å². The molecule has 1 N–H and O–H groups in total. The molecule has 0 aromatic heterocycles. The fourth-order valence-corrected chi connectivity index (χ4v) is 6.16. The van der Waals surface area contributed by atoms with Gasteiger partial charge in [-0.1, -0.05) is 80.9 Å². The first-order valence-electron chi connectivity index (χ1n) is 13.3. The van der Waals surface area contributed by atoms with Crippen LogP contribution in [-0.2, 0) is 20.2 Å². The first kappa shape index (κ1) is 27.5. The molecule has 1 aliphatic heterocycles. The highest BCUT2D eigenvalue weighted by atomic mass is 32.2. The van der Waals surface area contributed by atoms with Crippen molar-refractivity contribution in [2.45, 2.75) is 44.1 Å². The molecule has 1 amide bonds. The molecule has 4 aromatic rings. The molecule has 40 heavy (non-hydrogen) atoms. The van der Waals surface area contributed by atoms with E-state index in [1.54, 1.807) is 30.3 Å². The fourth-order valence-electron chi connectivity index (χ4n) is 4.69. The third-order valence-corrected chi connectivity index (χ3v) is 8.80. The van der Waals surface area contributed by atoms with Crippen LogP contribution in [0.5, 0.6) is 11.5 Å². The van der Waals surface area contributed by atoms with E-state index >= 15 is 0 Å². The molecule has 0 aliphatic carbocycles. The zero-order valence-corrected chi connectivity index (χ0v) is 24.0. The number of rotatable bonds is 7. The molecular formula is C32H34N2O5S. The van der Waals surface area contributed by atoms with E-state index in [0.29, 0.717) is 11.4 Å². The number of benzene rings is 4. The van der Waals surface area contributed by atoms with Gasteiger partial charge in [0.1, 0.15) is 18.1 Å². The number of aryl methyl sites for hydroxylation is 1. The molecule has 0 spiro atoms. The van der Waals surface area contributed by atoms with Crippen molar-refractivity contribution in [3.63, 3.8) is 0 Å². The first-order valence-corrected chi connectivity index (χ1v) is 14.8. The molecule has 4 aromatic carbocycles. The van der Waals surface area contributed by atoms with Crippen LogP contribution in [0.2, 0.25) is 0 Å². The van der Waals surface area contributed by atoms with E-state index in [4.69, 9.17) is 9.47 Å². The Kier molecular flexibility index (Phi) is 7.47. The average Bonchev–Trinajstić information content (AvgIpc) is 2.94. The fraction of sp³-hybridized carbons (Fsp3) is 0.281. The monoisotopic (exact) mass is 558 g/mol. The van der Waals surface area contributed by atoms with Crippen molar-refractivity contribution >= 4 is 32.4 Å². The van der Waals surface area contributed by atoms with Gasteiger partial charge in [0.05, 0.1) is 23.7 Å². The van der Waals surface area contributed by atoms with E-state index in [1.807, 2.05) is 61.5 Å². The van der Waals surface area contributed by atoms with Gasteiger partial charge in [-0.2, -0.15) is 0 Å². The first-order chi connectivity index (χ1) is 19.0. The molecule has 1 atom stereocenters. The largest absolute Gasteiger partial charge is 0.491 e. The second-order valence-corrected chi connectivity index (χ2v) is 12.9. The standard InChI is InChI=1S/C32H34N2O5S/c1-22-12-15-25(16-13-22)40(36,37)34-21-30(39-29-17-14-24(20-27(29)34)32(2,3)4)31(35)33-18-19-38-28-11-7-9-23-8-5-6-10-26(23)28/h5-17,20,30H,18-19,21H2,1-4H3,(H,33,35)/t30-/m0/s1. The predicted octanol–water partition coefficient (Wildman–Crippen LogP) is 5.60. The minimum Gasteiger partial charge on any atom is -0.491 e. The molecule has 0 unspecified atom stereocenters. The summed E-state index contributed by atoms with van der Waals surface area (Å²) >= 11 is 0. The molecule has 0 fully saturated rings. The number of nitrogens with one attached hydrogen (secondary N) is 1. The number of hydrogen-bond donors (Lipinski definition) is 1. The highest BCUT2D eigenvalue weighted by Gasteiger charge is 2.38. The number of carbonyl (C=O) groups excluding carboxylic acids is 1. The molecule has 5 rings (SSSR count). The van der Waals surface area contributed by atoms with Crippen LogP contribution in [-0.4, -0.2) is 40.1 Å². The third-order valence-electron chi connectivity index (χ3n) is 7.00. The van der Waals surface area contributed by atoms with E-state index in [-0.39, 0.29) is 30.0 Å². The molecule has 0 radical (unpaired) electrons. The van der Waals surface area contributed by atoms with E-state index in [0.717, 1.165) is 27.6 Å². The Hall–Kier alpha value is -4.04. The van der Waals surface area contributed by atoms with Gasteiger partial charge >= 0.3 is 0 Å². The van der Waals surface area contributed by atoms with Gasteiger partial charge in [-0.15, -0.1) is 0 Å². The summed E-state index contributed by atoms with van der Waals surface area (Å²) < 4.78 is 41.0. The van der Waals surface area contributed by atoms with Gasteiger partial charge in [0, 0.05) is 5.39 Å². The SMILES string of the molecule is Cc1ccc(S(=O)(=O)N2C[C@@H](C(=O)NCCOc3cccc4ccccc34)Oc3ccc(C(C)(C)C)cc32)cc1. The van der Waals surface area contributed by atoms with Crippen molar-refractivity contribution in [1.82, 2.24) is 5.32 Å². The van der Waals surface area contributed by atoms with E-state index in [1.165, 1.54) is 4.31 Å². The summed E-state index contributed by atoms with van der Waals surface area (Å²) in [4.78, 5) is 13.4. The summed E-state index contributed by atoms with van der Waals surface area (Å²) in [5.41, 5.74) is 2.15. The predicted molar refractivity (Wildman–Crippen MR) is 158 cm³/mol. The smallest absolute Gasteiger partial charge is 0.264 e. The van der Waals surface area contributed by atoms with Gasteiger partial charge in [0.2, 0.25) is 0 Å². The van der Waals surface area contributed by atoms with Gasteiger partial charge in [-0.05, 0) is 53.6 Å². The minimum atomic E-state index is -3.95. The summed E-state index contributed by atoms with van der Waals surface area (Å²) in [7, 11) is -3.95. The summed E-state index contributed by atoms with van der Waals surface area (Å²) in [5, 5.41) is 4.91. The van der Waals surface area contributed by atoms with E-state index in [9.17, 15) is 13.2 Å². The number of ether oxygens (including phenoxy) is 2.